The summed E-state index contributed by atoms with van der Waals surface area (Å²) in [6.07, 6.45) is 5.40. The highest BCUT2D eigenvalue weighted by atomic mass is 16.3. The summed E-state index contributed by atoms with van der Waals surface area (Å²) in [5.74, 6) is 0. The van der Waals surface area contributed by atoms with Gasteiger partial charge in [0.2, 0.25) is 0 Å². The van der Waals surface area contributed by atoms with Gasteiger partial charge in [0, 0.05) is 6.04 Å². The minimum atomic E-state index is -0.299. The lowest BCUT2D eigenvalue weighted by Crippen LogP contribution is -2.31. The van der Waals surface area contributed by atoms with Crippen LogP contribution in [0, 0.1) is 0 Å². The van der Waals surface area contributed by atoms with Gasteiger partial charge in [-0.2, -0.15) is 0 Å². The molecule has 2 atom stereocenters. The topological polar surface area (TPSA) is 46.2 Å². The van der Waals surface area contributed by atoms with Gasteiger partial charge in [-0.05, 0) is 13.3 Å². The highest BCUT2D eigenvalue weighted by Crippen LogP contribution is 2.06. The van der Waals surface area contributed by atoms with Crippen molar-refractivity contribution in [1.29, 1.82) is 0 Å². The third-order valence-electron chi connectivity index (χ3n) is 1.96. The van der Waals surface area contributed by atoms with Crippen LogP contribution in [0.15, 0.2) is 0 Å². The molecule has 0 saturated heterocycles. The number of rotatable bonds is 6. The highest BCUT2D eigenvalue weighted by molar-refractivity contribution is 4.65. The van der Waals surface area contributed by atoms with Crippen LogP contribution in [0.4, 0.5) is 0 Å². The molecule has 0 fully saturated rings. The number of nitrogens with two attached hydrogens (primary N) is 1. The van der Waals surface area contributed by atoms with Gasteiger partial charge in [-0.1, -0.05) is 32.6 Å². The van der Waals surface area contributed by atoms with Gasteiger partial charge in [-0.15, -0.1) is 0 Å². The van der Waals surface area contributed by atoms with Crippen LogP contribution in [-0.2, 0) is 0 Å². The van der Waals surface area contributed by atoms with Crippen molar-refractivity contribution in [1.82, 2.24) is 0 Å². The maximum absolute atomic E-state index is 9.30. The zero-order valence-electron chi connectivity index (χ0n) is 7.71. The van der Waals surface area contributed by atoms with Crippen molar-refractivity contribution in [3.05, 3.63) is 0 Å². The molecule has 2 nitrogen and oxygen atoms in total. The lowest BCUT2D eigenvalue weighted by atomic mass is 10.1. The van der Waals surface area contributed by atoms with Crippen LogP contribution in [0.25, 0.3) is 0 Å². The molecule has 0 rings (SSSR count). The van der Waals surface area contributed by atoms with E-state index in [1.807, 2.05) is 6.92 Å². The normalized spacial score (nSPS) is 16.4. The predicted octanol–water partition coefficient (Wildman–Crippen LogP) is 1.66. The first-order chi connectivity index (χ1) is 5.18. The van der Waals surface area contributed by atoms with Gasteiger partial charge >= 0.3 is 0 Å². The lowest BCUT2D eigenvalue weighted by Gasteiger charge is -2.13. The molecule has 11 heavy (non-hydrogen) atoms. The van der Waals surface area contributed by atoms with Crippen molar-refractivity contribution in [2.45, 2.75) is 58.1 Å². The standard InChI is InChI=1S/C9H21NO/c1-3-4-5-6-7-9(11)8(2)10/h8-9,11H,3-7,10H2,1-2H3/t8-,9-/m0/s1. The largest absolute Gasteiger partial charge is 0.392 e. The van der Waals surface area contributed by atoms with Crippen LogP contribution in [-0.4, -0.2) is 17.3 Å². The monoisotopic (exact) mass is 159 g/mol. The van der Waals surface area contributed by atoms with Gasteiger partial charge in [-0.25, -0.2) is 0 Å². The highest BCUT2D eigenvalue weighted by Gasteiger charge is 2.07. The number of hydrogen-bond acceptors (Lipinski definition) is 2. The minimum Gasteiger partial charge on any atom is -0.392 e. The molecule has 0 bridgehead atoms. The smallest absolute Gasteiger partial charge is 0.0688 e. The average Bonchev–Trinajstić information content (AvgIpc) is 1.97. The predicted molar refractivity (Wildman–Crippen MR) is 48.4 cm³/mol. The summed E-state index contributed by atoms with van der Waals surface area (Å²) < 4.78 is 0. The zero-order chi connectivity index (χ0) is 8.69. The molecule has 0 aromatic heterocycles. The van der Waals surface area contributed by atoms with Gasteiger partial charge in [-0.3, -0.25) is 0 Å². The zero-order valence-corrected chi connectivity index (χ0v) is 7.71. The molecular formula is C9H21NO. The van der Waals surface area contributed by atoms with Gasteiger partial charge in [0.1, 0.15) is 0 Å². The molecule has 2 heteroatoms. The van der Waals surface area contributed by atoms with Crippen molar-refractivity contribution in [2.75, 3.05) is 0 Å². The van der Waals surface area contributed by atoms with E-state index in [1.165, 1.54) is 19.3 Å². The van der Waals surface area contributed by atoms with Gasteiger partial charge in [0.05, 0.1) is 6.10 Å². The van der Waals surface area contributed by atoms with E-state index in [9.17, 15) is 5.11 Å². The Labute approximate surface area is 69.8 Å². The maximum Gasteiger partial charge on any atom is 0.0688 e. The van der Waals surface area contributed by atoms with Crippen LogP contribution in [0.3, 0.4) is 0 Å². The van der Waals surface area contributed by atoms with Crippen LogP contribution < -0.4 is 5.73 Å². The van der Waals surface area contributed by atoms with Crippen molar-refractivity contribution in [2.24, 2.45) is 5.73 Å². The fourth-order valence-electron chi connectivity index (χ4n) is 1.04. The maximum atomic E-state index is 9.30. The fraction of sp³-hybridized carbons (Fsp3) is 1.00. The molecule has 68 valence electrons. The molecule has 0 aliphatic carbocycles. The Morgan fingerprint density at radius 2 is 1.91 bits per heavy atom. The molecular weight excluding hydrogens is 138 g/mol. The number of unbranched alkanes of at least 4 members (excludes halogenated alkanes) is 3. The first kappa shape index (κ1) is 10.9. The summed E-state index contributed by atoms with van der Waals surface area (Å²) in [5, 5.41) is 9.30. The third-order valence-corrected chi connectivity index (χ3v) is 1.96. The van der Waals surface area contributed by atoms with Crippen LogP contribution >= 0.6 is 0 Å². The molecule has 0 amide bonds. The summed E-state index contributed by atoms with van der Waals surface area (Å²) in [5.41, 5.74) is 5.50. The second-order valence-electron chi connectivity index (χ2n) is 3.28. The van der Waals surface area contributed by atoms with Gasteiger partial charge in [0.25, 0.3) is 0 Å². The van der Waals surface area contributed by atoms with E-state index in [-0.39, 0.29) is 12.1 Å². The Morgan fingerprint density at radius 1 is 1.27 bits per heavy atom. The van der Waals surface area contributed by atoms with Crippen LogP contribution in [0.1, 0.15) is 46.0 Å². The Kier molecular flexibility index (Phi) is 6.57. The van der Waals surface area contributed by atoms with Crippen molar-refractivity contribution >= 4 is 0 Å². The SMILES string of the molecule is CCCCCC[C@H](O)[C@H](C)N. The Bertz CT molecular complexity index is 83.6. The summed E-state index contributed by atoms with van der Waals surface area (Å²) in [6.45, 7) is 4.03. The fourth-order valence-corrected chi connectivity index (χ4v) is 1.04. The molecule has 0 heterocycles. The first-order valence-electron chi connectivity index (χ1n) is 4.62. The molecule has 0 aromatic rings. The molecule has 0 radical (unpaired) electrons. The second kappa shape index (κ2) is 6.62. The average molecular weight is 159 g/mol. The van der Waals surface area contributed by atoms with Crippen molar-refractivity contribution in [3.63, 3.8) is 0 Å². The van der Waals surface area contributed by atoms with Crippen molar-refractivity contribution in [3.8, 4) is 0 Å². The molecule has 0 aliphatic rings. The summed E-state index contributed by atoms with van der Waals surface area (Å²) >= 11 is 0. The third kappa shape index (κ3) is 6.32. The van der Waals surface area contributed by atoms with Crippen LogP contribution in [0.5, 0.6) is 0 Å². The second-order valence-corrected chi connectivity index (χ2v) is 3.28. The summed E-state index contributed by atoms with van der Waals surface area (Å²) in [6, 6.07) is -0.0726. The Hall–Kier alpha value is -0.0800. The van der Waals surface area contributed by atoms with E-state index in [2.05, 4.69) is 6.92 Å². The number of aliphatic hydroxyl groups excluding tert-OH is 1. The number of hydrogen-bond donors (Lipinski definition) is 2. The van der Waals surface area contributed by atoms with E-state index in [1.54, 1.807) is 0 Å². The lowest BCUT2D eigenvalue weighted by molar-refractivity contribution is 0.138. The molecule has 0 saturated carbocycles. The molecule has 0 aliphatic heterocycles. The first-order valence-corrected chi connectivity index (χ1v) is 4.62. The van der Waals surface area contributed by atoms with Crippen molar-refractivity contribution < 1.29 is 5.11 Å². The summed E-state index contributed by atoms with van der Waals surface area (Å²) in [7, 11) is 0. The van der Waals surface area contributed by atoms with E-state index in [0.29, 0.717) is 0 Å². The van der Waals surface area contributed by atoms with E-state index in [4.69, 9.17) is 5.73 Å². The van der Waals surface area contributed by atoms with Gasteiger partial charge in [0.15, 0.2) is 0 Å². The molecule has 0 spiro atoms. The Morgan fingerprint density at radius 3 is 2.36 bits per heavy atom. The molecule has 0 aromatic carbocycles. The van der Waals surface area contributed by atoms with E-state index < -0.39 is 0 Å². The van der Waals surface area contributed by atoms with Gasteiger partial charge < -0.3 is 10.8 Å². The minimum absolute atomic E-state index is 0.0726. The quantitative estimate of drug-likeness (QED) is 0.579. The van der Waals surface area contributed by atoms with E-state index >= 15 is 0 Å². The van der Waals surface area contributed by atoms with E-state index in [0.717, 1.165) is 12.8 Å². The summed E-state index contributed by atoms with van der Waals surface area (Å²) in [4.78, 5) is 0. The molecule has 3 N–H and O–H groups in total. The Balaban J connectivity index is 3.10. The van der Waals surface area contributed by atoms with Crippen LogP contribution in [0.2, 0.25) is 0 Å². The number of aliphatic hydroxyl groups is 1. The molecule has 0 unspecified atom stereocenters.